The summed E-state index contributed by atoms with van der Waals surface area (Å²) in [6.07, 6.45) is 5.38. The molecule has 2 aromatic rings. The minimum Gasteiger partial charge on any atom is -0.342 e. The van der Waals surface area contributed by atoms with Crippen molar-refractivity contribution in [3.05, 3.63) is 30.1 Å². The number of benzene rings is 1. The number of fused-ring (bicyclic) bond motifs is 1. The predicted octanol–water partition coefficient (Wildman–Crippen LogP) is 4.31. The number of unbranched alkanes of at least 4 members (excludes halogenated alkanes) is 1. The minimum absolute atomic E-state index is 0.136. The Balaban J connectivity index is 1.69. The van der Waals surface area contributed by atoms with Crippen LogP contribution in [0.1, 0.15) is 58.7 Å². The van der Waals surface area contributed by atoms with E-state index in [1.807, 2.05) is 6.07 Å². The smallest absolute Gasteiger partial charge is 0.226 e. The van der Waals surface area contributed by atoms with Crippen molar-refractivity contribution in [2.75, 3.05) is 26.2 Å². The lowest BCUT2D eigenvalue weighted by atomic mass is 9.96. The number of carbonyl (C=O) groups is 1. The molecule has 5 nitrogen and oxygen atoms in total. The predicted molar refractivity (Wildman–Crippen MR) is 115 cm³/mol. The molecule has 0 saturated carbocycles. The fourth-order valence-electron chi connectivity index (χ4n) is 4.41. The number of aromatic nitrogens is 2. The zero-order valence-electron chi connectivity index (χ0n) is 17.9. The van der Waals surface area contributed by atoms with Crippen LogP contribution in [-0.2, 0) is 17.9 Å². The first-order chi connectivity index (χ1) is 13.7. The highest BCUT2D eigenvalue weighted by Gasteiger charge is 2.29. The highest BCUT2D eigenvalue weighted by molar-refractivity contribution is 5.79. The summed E-state index contributed by atoms with van der Waals surface area (Å²) < 4.78 is 2.31. The molecule has 0 radical (unpaired) electrons. The molecule has 1 aliphatic heterocycles. The number of aryl methyl sites for hydroxylation is 1. The van der Waals surface area contributed by atoms with Gasteiger partial charge in [-0.05, 0) is 51.3 Å². The molecule has 1 fully saturated rings. The average molecular weight is 385 g/mol. The summed E-state index contributed by atoms with van der Waals surface area (Å²) in [4.78, 5) is 22.6. The monoisotopic (exact) mass is 384 g/mol. The molecule has 5 heteroatoms. The van der Waals surface area contributed by atoms with Crippen LogP contribution in [0.2, 0.25) is 0 Å². The Morgan fingerprint density at radius 2 is 2.00 bits per heavy atom. The zero-order valence-corrected chi connectivity index (χ0v) is 17.9. The standard InChI is InChI=1S/C23H36N4O/c1-4-7-16-26(14-5-2)23(28)19-11-10-15-25(17-19)18-22-24-20-12-8-9-13-21(20)27(22)6-3/h8-9,12-13,19H,4-7,10-11,14-18H2,1-3H3/t19-/m0/s1. The Kier molecular flexibility index (Phi) is 7.49. The van der Waals surface area contributed by atoms with Gasteiger partial charge in [0.2, 0.25) is 5.91 Å². The van der Waals surface area contributed by atoms with Gasteiger partial charge < -0.3 is 9.47 Å². The second kappa shape index (κ2) is 10.1. The number of para-hydroxylation sites is 2. The molecule has 1 saturated heterocycles. The molecule has 1 atom stereocenters. The number of nitrogens with zero attached hydrogens (tertiary/aromatic N) is 4. The van der Waals surface area contributed by atoms with Crippen LogP contribution in [0.5, 0.6) is 0 Å². The van der Waals surface area contributed by atoms with Gasteiger partial charge in [-0.25, -0.2) is 4.98 Å². The van der Waals surface area contributed by atoms with Crippen LogP contribution in [0.3, 0.4) is 0 Å². The summed E-state index contributed by atoms with van der Waals surface area (Å²) in [5.41, 5.74) is 2.27. The molecule has 3 rings (SSSR count). The van der Waals surface area contributed by atoms with Gasteiger partial charge in [-0.15, -0.1) is 0 Å². The maximum atomic E-state index is 13.1. The molecule has 1 aliphatic rings. The van der Waals surface area contributed by atoms with Crippen molar-refractivity contribution in [1.29, 1.82) is 0 Å². The summed E-state index contributed by atoms with van der Waals surface area (Å²) in [6.45, 7) is 12.0. The average Bonchev–Trinajstić information content (AvgIpc) is 3.07. The van der Waals surface area contributed by atoms with E-state index in [0.717, 1.165) is 82.7 Å². The normalized spacial score (nSPS) is 17.9. The van der Waals surface area contributed by atoms with Gasteiger partial charge in [0.15, 0.2) is 0 Å². The van der Waals surface area contributed by atoms with Crippen molar-refractivity contribution in [3.63, 3.8) is 0 Å². The Labute approximate surface area is 169 Å². The topological polar surface area (TPSA) is 41.4 Å². The van der Waals surface area contributed by atoms with E-state index in [1.54, 1.807) is 0 Å². The van der Waals surface area contributed by atoms with Crippen LogP contribution in [0.4, 0.5) is 0 Å². The molecule has 1 aromatic carbocycles. The Morgan fingerprint density at radius 3 is 2.75 bits per heavy atom. The molecular weight excluding hydrogens is 348 g/mol. The number of imidazole rings is 1. The van der Waals surface area contributed by atoms with Crippen molar-refractivity contribution in [2.45, 2.75) is 66.0 Å². The van der Waals surface area contributed by atoms with Crippen LogP contribution in [0.25, 0.3) is 11.0 Å². The Bertz CT molecular complexity index is 769. The number of piperidine rings is 1. The SMILES string of the molecule is CCCCN(CCC)C(=O)[C@H]1CCCN(Cc2nc3ccccc3n2CC)C1. The molecule has 28 heavy (non-hydrogen) atoms. The molecule has 0 spiro atoms. The van der Waals surface area contributed by atoms with E-state index < -0.39 is 0 Å². The molecule has 1 aromatic heterocycles. The highest BCUT2D eigenvalue weighted by atomic mass is 16.2. The molecule has 2 heterocycles. The van der Waals surface area contributed by atoms with E-state index in [0.29, 0.717) is 5.91 Å². The van der Waals surface area contributed by atoms with Gasteiger partial charge in [0.1, 0.15) is 5.82 Å². The fourth-order valence-corrected chi connectivity index (χ4v) is 4.41. The Hall–Kier alpha value is -1.88. The van der Waals surface area contributed by atoms with E-state index in [1.165, 1.54) is 5.52 Å². The van der Waals surface area contributed by atoms with Gasteiger partial charge in [-0.1, -0.05) is 32.4 Å². The number of carbonyl (C=O) groups excluding carboxylic acids is 1. The Morgan fingerprint density at radius 1 is 1.18 bits per heavy atom. The molecule has 0 N–H and O–H groups in total. The van der Waals surface area contributed by atoms with Crippen LogP contribution < -0.4 is 0 Å². The number of hydrogen-bond donors (Lipinski definition) is 0. The van der Waals surface area contributed by atoms with Gasteiger partial charge in [0, 0.05) is 26.2 Å². The lowest BCUT2D eigenvalue weighted by Crippen LogP contribution is -2.45. The van der Waals surface area contributed by atoms with Gasteiger partial charge in [-0.3, -0.25) is 9.69 Å². The highest BCUT2D eigenvalue weighted by Crippen LogP contribution is 2.23. The summed E-state index contributed by atoms with van der Waals surface area (Å²) in [5, 5.41) is 0. The summed E-state index contributed by atoms with van der Waals surface area (Å²) in [7, 11) is 0. The van der Waals surface area contributed by atoms with Gasteiger partial charge in [-0.2, -0.15) is 0 Å². The minimum atomic E-state index is 0.136. The molecule has 154 valence electrons. The maximum Gasteiger partial charge on any atom is 0.226 e. The molecular formula is C23H36N4O. The van der Waals surface area contributed by atoms with E-state index >= 15 is 0 Å². The van der Waals surface area contributed by atoms with Gasteiger partial charge >= 0.3 is 0 Å². The van der Waals surface area contributed by atoms with Crippen molar-refractivity contribution >= 4 is 16.9 Å². The number of likely N-dealkylation sites (tertiary alicyclic amines) is 1. The van der Waals surface area contributed by atoms with Crippen molar-refractivity contribution in [3.8, 4) is 0 Å². The number of amides is 1. The van der Waals surface area contributed by atoms with Crippen LogP contribution in [0, 0.1) is 5.92 Å². The first-order valence-electron chi connectivity index (χ1n) is 11.1. The van der Waals surface area contributed by atoms with E-state index in [-0.39, 0.29) is 5.92 Å². The second-order valence-electron chi connectivity index (χ2n) is 8.01. The first kappa shape index (κ1) is 20.8. The van der Waals surface area contributed by atoms with E-state index in [2.05, 4.69) is 53.3 Å². The summed E-state index contributed by atoms with van der Waals surface area (Å²) in [6, 6.07) is 8.36. The second-order valence-corrected chi connectivity index (χ2v) is 8.01. The summed E-state index contributed by atoms with van der Waals surface area (Å²) >= 11 is 0. The van der Waals surface area contributed by atoms with Crippen molar-refractivity contribution < 1.29 is 4.79 Å². The molecule has 0 unspecified atom stereocenters. The molecule has 1 amide bonds. The van der Waals surface area contributed by atoms with Crippen molar-refractivity contribution in [1.82, 2.24) is 19.4 Å². The number of hydrogen-bond acceptors (Lipinski definition) is 3. The molecule has 0 aliphatic carbocycles. The van der Waals surface area contributed by atoms with E-state index in [4.69, 9.17) is 4.98 Å². The third-order valence-electron chi connectivity index (χ3n) is 5.86. The van der Waals surface area contributed by atoms with E-state index in [9.17, 15) is 4.79 Å². The fraction of sp³-hybridized carbons (Fsp3) is 0.652. The lowest BCUT2D eigenvalue weighted by molar-refractivity contribution is -0.137. The van der Waals surface area contributed by atoms with Crippen LogP contribution in [0.15, 0.2) is 24.3 Å². The van der Waals surface area contributed by atoms with Crippen molar-refractivity contribution in [2.24, 2.45) is 5.92 Å². The van der Waals surface area contributed by atoms with Crippen LogP contribution >= 0.6 is 0 Å². The van der Waals surface area contributed by atoms with Gasteiger partial charge in [0.05, 0.1) is 23.5 Å². The number of rotatable bonds is 9. The third kappa shape index (κ3) is 4.75. The summed E-state index contributed by atoms with van der Waals surface area (Å²) in [5.74, 6) is 1.62. The van der Waals surface area contributed by atoms with Gasteiger partial charge in [0.25, 0.3) is 0 Å². The van der Waals surface area contributed by atoms with Crippen LogP contribution in [-0.4, -0.2) is 51.4 Å². The largest absolute Gasteiger partial charge is 0.342 e. The quantitative estimate of drug-likeness (QED) is 0.647. The maximum absolute atomic E-state index is 13.1. The zero-order chi connectivity index (χ0) is 19.9. The first-order valence-corrected chi connectivity index (χ1v) is 11.1. The lowest BCUT2D eigenvalue weighted by Gasteiger charge is -2.35. The third-order valence-corrected chi connectivity index (χ3v) is 5.86. The molecule has 0 bridgehead atoms.